The zero-order chi connectivity index (χ0) is 14.4. The number of carbonyl (C=O) groups is 1. The molecule has 2 atom stereocenters. The number of amides is 1. The van der Waals surface area contributed by atoms with Crippen molar-refractivity contribution in [3.8, 4) is 0 Å². The molecule has 0 aliphatic carbocycles. The molecule has 0 radical (unpaired) electrons. The van der Waals surface area contributed by atoms with E-state index < -0.39 is 6.10 Å². The lowest BCUT2D eigenvalue weighted by Crippen LogP contribution is -2.33. The summed E-state index contributed by atoms with van der Waals surface area (Å²) in [6.45, 7) is 4.79. The molecule has 2 rings (SSSR count). The molecule has 6 heteroatoms. The van der Waals surface area contributed by atoms with Crippen LogP contribution in [0.2, 0.25) is 0 Å². The van der Waals surface area contributed by atoms with E-state index in [2.05, 4.69) is 15.3 Å². The number of rotatable bonds is 5. The van der Waals surface area contributed by atoms with Crippen molar-refractivity contribution in [3.05, 3.63) is 18.0 Å². The minimum absolute atomic E-state index is 0.106. The van der Waals surface area contributed by atoms with Gasteiger partial charge < -0.3 is 9.47 Å². The second-order valence-corrected chi connectivity index (χ2v) is 4.98. The van der Waals surface area contributed by atoms with E-state index in [0.29, 0.717) is 12.6 Å². The Morgan fingerprint density at radius 1 is 1.60 bits per heavy atom. The molecular weight excluding hydrogens is 258 g/mol. The van der Waals surface area contributed by atoms with Crippen LogP contribution < -0.4 is 5.32 Å². The Balaban J connectivity index is 1.76. The Morgan fingerprint density at radius 2 is 2.45 bits per heavy atom. The molecule has 1 aliphatic rings. The minimum Gasteiger partial charge on any atom is -0.376 e. The molecule has 110 valence electrons. The molecule has 1 aromatic heterocycles. The first-order chi connectivity index (χ1) is 9.65. The van der Waals surface area contributed by atoms with Crippen LogP contribution >= 0.6 is 0 Å². The topological polar surface area (TPSA) is 73.3 Å². The molecule has 0 bridgehead atoms. The fourth-order valence-corrected chi connectivity index (χ4v) is 1.99. The molecule has 1 N–H and O–H groups in total. The van der Waals surface area contributed by atoms with E-state index in [-0.39, 0.29) is 12.0 Å². The van der Waals surface area contributed by atoms with E-state index >= 15 is 0 Å². The van der Waals surface area contributed by atoms with Gasteiger partial charge in [0.05, 0.1) is 12.7 Å². The molecule has 0 spiro atoms. The average Bonchev–Trinajstić information content (AvgIpc) is 2.46. The molecule has 20 heavy (non-hydrogen) atoms. The third kappa shape index (κ3) is 4.54. The first kappa shape index (κ1) is 14.9. The zero-order valence-corrected chi connectivity index (χ0v) is 12.0. The van der Waals surface area contributed by atoms with Crippen molar-refractivity contribution in [2.45, 2.75) is 45.3 Å². The lowest BCUT2D eigenvalue weighted by Gasteiger charge is -2.23. The molecule has 1 amide bonds. The van der Waals surface area contributed by atoms with Crippen molar-refractivity contribution in [2.75, 3.05) is 18.5 Å². The van der Waals surface area contributed by atoms with Crippen LogP contribution in [0.15, 0.2) is 12.3 Å². The number of hydrogen-bond acceptors (Lipinski definition) is 5. The smallest absolute Gasteiger partial charge is 0.255 e. The van der Waals surface area contributed by atoms with E-state index in [0.717, 1.165) is 31.6 Å². The summed E-state index contributed by atoms with van der Waals surface area (Å²) in [5, 5.41) is 2.64. The molecule has 1 aliphatic heterocycles. The molecule has 0 saturated carbocycles. The number of hydrogen-bond donors (Lipinski definition) is 1. The average molecular weight is 279 g/mol. The second-order valence-electron chi connectivity index (χ2n) is 4.98. The van der Waals surface area contributed by atoms with Gasteiger partial charge in [0.2, 0.25) is 5.95 Å². The number of carbonyl (C=O) groups excluding carboxylic acids is 1. The van der Waals surface area contributed by atoms with E-state index in [1.165, 1.54) is 0 Å². The normalized spacial score (nSPS) is 20.4. The number of aromatic nitrogens is 2. The highest BCUT2D eigenvalue weighted by atomic mass is 16.5. The van der Waals surface area contributed by atoms with Crippen LogP contribution in [0.4, 0.5) is 5.95 Å². The summed E-state index contributed by atoms with van der Waals surface area (Å²) in [4.78, 5) is 20.1. The van der Waals surface area contributed by atoms with E-state index in [9.17, 15) is 4.79 Å². The quantitative estimate of drug-likeness (QED) is 0.888. The molecule has 6 nitrogen and oxygen atoms in total. The van der Waals surface area contributed by atoms with Crippen molar-refractivity contribution in [2.24, 2.45) is 0 Å². The van der Waals surface area contributed by atoms with Crippen molar-refractivity contribution in [3.63, 3.8) is 0 Å². The van der Waals surface area contributed by atoms with Gasteiger partial charge in [0, 0.05) is 18.5 Å². The van der Waals surface area contributed by atoms with Crippen LogP contribution in [0.3, 0.4) is 0 Å². The number of nitrogens with one attached hydrogen (secondary N) is 1. The van der Waals surface area contributed by atoms with Gasteiger partial charge in [-0.3, -0.25) is 10.1 Å². The highest BCUT2D eigenvalue weighted by Crippen LogP contribution is 2.13. The van der Waals surface area contributed by atoms with Crippen LogP contribution in [0.1, 0.15) is 31.9 Å². The summed E-state index contributed by atoms with van der Waals surface area (Å²) in [6, 6.07) is 1.77. The van der Waals surface area contributed by atoms with E-state index in [1.807, 2.05) is 6.92 Å². The second kappa shape index (κ2) is 7.31. The Bertz CT molecular complexity index is 447. The van der Waals surface area contributed by atoms with Crippen LogP contribution in [0.25, 0.3) is 0 Å². The van der Waals surface area contributed by atoms with Gasteiger partial charge in [-0.05, 0) is 39.2 Å². The Labute approximate surface area is 118 Å². The maximum Gasteiger partial charge on any atom is 0.255 e. The third-order valence-electron chi connectivity index (χ3n) is 3.21. The first-order valence-electron chi connectivity index (χ1n) is 6.99. The van der Waals surface area contributed by atoms with Crippen molar-refractivity contribution in [1.29, 1.82) is 0 Å². The Morgan fingerprint density at radius 3 is 3.15 bits per heavy atom. The molecule has 1 aromatic rings. The third-order valence-corrected chi connectivity index (χ3v) is 3.21. The van der Waals surface area contributed by atoms with Gasteiger partial charge in [-0.2, -0.15) is 0 Å². The summed E-state index contributed by atoms with van der Waals surface area (Å²) in [7, 11) is 0. The fourth-order valence-electron chi connectivity index (χ4n) is 1.99. The standard InChI is InChI=1S/C14H21N3O3/c1-10-6-7-15-14(16-10)17-13(18)11(2)20-9-12-5-3-4-8-19-12/h6-7,11-12H,3-5,8-9H2,1-2H3,(H,15,16,17,18)/t11-,12-/m1/s1. The molecule has 0 aromatic carbocycles. The monoisotopic (exact) mass is 279 g/mol. The lowest BCUT2D eigenvalue weighted by atomic mass is 10.1. The van der Waals surface area contributed by atoms with Crippen molar-refractivity contribution < 1.29 is 14.3 Å². The zero-order valence-electron chi connectivity index (χ0n) is 12.0. The van der Waals surface area contributed by atoms with Crippen molar-refractivity contribution >= 4 is 11.9 Å². The van der Waals surface area contributed by atoms with Crippen LogP contribution in [-0.2, 0) is 14.3 Å². The highest BCUT2D eigenvalue weighted by Gasteiger charge is 2.19. The predicted octanol–water partition coefficient (Wildman–Crippen LogP) is 1.70. The summed E-state index contributed by atoms with van der Waals surface area (Å²) < 4.78 is 11.1. The summed E-state index contributed by atoms with van der Waals surface area (Å²) in [6.07, 6.45) is 4.43. The minimum atomic E-state index is -0.551. The number of aryl methyl sites for hydroxylation is 1. The molecular formula is C14H21N3O3. The predicted molar refractivity (Wildman–Crippen MR) is 74.4 cm³/mol. The van der Waals surface area contributed by atoms with Crippen LogP contribution in [-0.4, -0.2) is 41.3 Å². The summed E-state index contributed by atoms with van der Waals surface area (Å²) >= 11 is 0. The number of anilines is 1. The number of ether oxygens (including phenoxy) is 2. The molecule has 0 unspecified atom stereocenters. The summed E-state index contributed by atoms with van der Waals surface area (Å²) in [5.74, 6) is 0.0609. The first-order valence-corrected chi connectivity index (χ1v) is 6.99. The Kier molecular flexibility index (Phi) is 5.43. The maximum atomic E-state index is 11.9. The SMILES string of the molecule is Cc1ccnc(NC(=O)[C@@H](C)OC[C@H]2CCCCO2)n1. The number of nitrogens with zero attached hydrogens (tertiary/aromatic N) is 2. The Hall–Kier alpha value is -1.53. The van der Waals surface area contributed by atoms with E-state index in [4.69, 9.17) is 9.47 Å². The molecule has 2 heterocycles. The molecule has 1 saturated heterocycles. The largest absolute Gasteiger partial charge is 0.376 e. The van der Waals surface area contributed by atoms with Gasteiger partial charge >= 0.3 is 0 Å². The molecule has 1 fully saturated rings. The van der Waals surface area contributed by atoms with Gasteiger partial charge in [-0.15, -0.1) is 0 Å². The summed E-state index contributed by atoms with van der Waals surface area (Å²) in [5.41, 5.74) is 0.805. The van der Waals surface area contributed by atoms with E-state index in [1.54, 1.807) is 19.2 Å². The van der Waals surface area contributed by atoms with Crippen molar-refractivity contribution in [1.82, 2.24) is 9.97 Å². The van der Waals surface area contributed by atoms with Crippen LogP contribution in [0, 0.1) is 6.92 Å². The van der Waals surface area contributed by atoms with Crippen LogP contribution in [0.5, 0.6) is 0 Å². The van der Waals surface area contributed by atoms with Gasteiger partial charge in [0.25, 0.3) is 5.91 Å². The lowest BCUT2D eigenvalue weighted by molar-refractivity contribution is -0.130. The maximum absolute atomic E-state index is 11.9. The van der Waals surface area contributed by atoms with Gasteiger partial charge in [0.15, 0.2) is 0 Å². The highest BCUT2D eigenvalue weighted by molar-refractivity contribution is 5.92. The van der Waals surface area contributed by atoms with Gasteiger partial charge in [-0.1, -0.05) is 0 Å². The fraction of sp³-hybridized carbons (Fsp3) is 0.643. The van der Waals surface area contributed by atoms with Gasteiger partial charge in [-0.25, -0.2) is 9.97 Å². The van der Waals surface area contributed by atoms with Gasteiger partial charge in [0.1, 0.15) is 6.10 Å².